The lowest BCUT2D eigenvalue weighted by Crippen LogP contribution is -2.15. The van der Waals surface area contributed by atoms with Crippen LogP contribution in [0.4, 0.5) is 0 Å². The predicted molar refractivity (Wildman–Crippen MR) is 97.0 cm³/mol. The Bertz CT molecular complexity index is 567. The molecule has 0 aromatic carbocycles. The molecular formula is C20H33NO. The molecule has 1 aliphatic rings. The highest BCUT2D eigenvalue weighted by atomic mass is 16.3. The summed E-state index contributed by atoms with van der Waals surface area (Å²) in [5.41, 5.74) is 7.21. The van der Waals surface area contributed by atoms with Crippen LogP contribution in [-0.4, -0.2) is 12.3 Å². The lowest BCUT2D eigenvalue weighted by Gasteiger charge is -2.21. The van der Waals surface area contributed by atoms with Gasteiger partial charge in [-0.15, -0.1) is 0 Å². The van der Waals surface area contributed by atoms with Gasteiger partial charge in [0.05, 0.1) is 12.8 Å². The summed E-state index contributed by atoms with van der Waals surface area (Å²) in [6, 6.07) is 0. The van der Waals surface area contributed by atoms with Crippen LogP contribution in [0.1, 0.15) is 72.3 Å². The van der Waals surface area contributed by atoms with Crippen LogP contribution < -0.4 is 0 Å². The van der Waals surface area contributed by atoms with Gasteiger partial charge in [0, 0.05) is 11.3 Å². The van der Waals surface area contributed by atoms with Crippen molar-refractivity contribution in [3.8, 4) is 0 Å². The van der Waals surface area contributed by atoms with E-state index in [1.807, 2.05) is 13.2 Å². The van der Waals surface area contributed by atoms with Gasteiger partial charge in [-0.05, 0) is 55.2 Å². The molecule has 0 saturated heterocycles. The number of nitrogens with zero attached hydrogens (tertiary/aromatic N) is 1. The number of hydrogen-bond acceptors (Lipinski definition) is 2. The smallest absolute Gasteiger partial charge is 0.104 e. The Kier molecular flexibility index (Phi) is 5.48. The van der Waals surface area contributed by atoms with Crippen LogP contribution in [0, 0.1) is 19.3 Å². The van der Waals surface area contributed by atoms with E-state index < -0.39 is 0 Å². The first-order valence-electron chi connectivity index (χ1n) is 8.12. The fraction of sp³-hybridized carbons (Fsp3) is 0.650. The van der Waals surface area contributed by atoms with Gasteiger partial charge in [0.25, 0.3) is 0 Å². The Morgan fingerprint density at radius 1 is 0.909 bits per heavy atom. The number of furan rings is 1. The molecule has 0 aliphatic carbocycles. The SMILES string of the molecule is CC1=NCC(C)=C1C(C)(C)C.Cc1coc(C)c1C(C)(C)C. The first-order chi connectivity index (χ1) is 9.85. The van der Waals surface area contributed by atoms with Crippen LogP contribution in [0.2, 0.25) is 0 Å². The second-order valence-corrected chi connectivity index (χ2v) is 8.41. The number of aliphatic imine (C=N–C) groups is 1. The van der Waals surface area contributed by atoms with Crippen LogP contribution in [0.25, 0.3) is 0 Å². The molecule has 0 unspecified atom stereocenters. The average Bonchev–Trinajstić information content (AvgIpc) is 2.81. The fourth-order valence-corrected chi connectivity index (χ4v) is 3.58. The van der Waals surface area contributed by atoms with Crippen molar-refractivity contribution in [1.82, 2.24) is 0 Å². The first-order valence-corrected chi connectivity index (χ1v) is 8.12. The molecule has 22 heavy (non-hydrogen) atoms. The molecule has 2 heteroatoms. The molecule has 2 rings (SSSR count). The standard InChI is InChI=1S/C10H17N.C10H16O/c2*1-7-6-11-8(2)9(7)10(3,4)5/h6H2,1-5H3;6H,1-5H3. The van der Waals surface area contributed by atoms with Gasteiger partial charge in [0.1, 0.15) is 5.76 Å². The summed E-state index contributed by atoms with van der Waals surface area (Å²) in [6.45, 7) is 22.7. The molecule has 1 aliphatic heterocycles. The van der Waals surface area contributed by atoms with Crippen LogP contribution >= 0.6 is 0 Å². The molecule has 2 heterocycles. The van der Waals surface area contributed by atoms with Crippen molar-refractivity contribution in [2.75, 3.05) is 6.54 Å². The van der Waals surface area contributed by atoms with Gasteiger partial charge in [-0.3, -0.25) is 4.99 Å². The zero-order valence-corrected chi connectivity index (χ0v) is 16.1. The monoisotopic (exact) mass is 303 g/mol. The molecule has 0 amide bonds. The van der Waals surface area contributed by atoms with Gasteiger partial charge in [0.2, 0.25) is 0 Å². The average molecular weight is 303 g/mol. The Balaban J connectivity index is 0.000000220. The van der Waals surface area contributed by atoms with Gasteiger partial charge in [-0.1, -0.05) is 41.5 Å². The summed E-state index contributed by atoms with van der Waals surface area (Å²) in [5.74, 6) is 1.05. The third-order valence-electron chi connectivity index (χ3n) is 4.00. The Labute approximate surface area is 136 Å². The fourth-order valence-electron chi connectivity index (χ4n) is 3.58. The zero-order chi connectivity index (χ0) is 17.3. The first kappa shape index (κ1) is 18.7. The van der Waals surface area contributed by atoms with Crippen LogP contribution in [0.5, 0.6) is 0 Å². The third-order valence-corrected chi connectivity index (χ3v) is 4.00. The van der Waals surface area contributed by atoms with E-state index in [0.29, 0.717) is 0 Å². The highest BCUT2D eigenvalue weighted by molar-refractivity contribution is 6.01. The van der Waals surface area contributed by atoms with E-state index in [2.05, 4.69) is 67.3 Å². The highest BCUT2D eigenvalue weighted by Crippen LogP contribution is 2.32. The third kappa shape index (κ3) is 4.34. The minimum atomic E-state index is 0.209. The summed E-state index contributed by atoms with van der Waals surface area (Å²) in [5, 5.41) is 0. The number of hydrogen-bond donors (Lipinski definition) is 0. The van der Waals surface area contributed by atoms with Gasteiger partial charge in [0.15, 0.2) is 0 Å². The molecule has 1 aromatic heterocycles. The minimum Gasteiger partial charge on any atom is -0.469 e. The van der Waals surface area contributed by atoms with Crippen molar-refractivity contribution in [2.24, 2.45) is 10.4 Å². The van der Waals surface area contributed by atoms with Crippen LogP contribution in [0.15, 0.2) is 26.8 Å². The normalized spacial score (nSPS) is 15.6. The quantitative estimate of drug-likeness (QED) is 0.575. The van der Waals surface area contributed by atoms with Crippen molar-refractivity contribution >= 4 is 5.71 Å². The maximum absolute atomic E-state index is 5.32. The topological polar surface area (TPSA) is 25.5 Å². The summed E-state index contributed by atoms with van der Waals surface area (Å²) in [6.07, 6.45) is 1.83. The molecule has 0 spiro atoms. The maximum atomic E-state index is 5.32. The highest BCUT2D eigenvalue weighted by Gasteiger charge is 2.24. The van der Waals surface area contributed by atoms with E-state index in [1.54, 1.807) is 0 Å². The molecular weight excluding hydrogens is 270 g/mol. The number of aryl methyl sites for hydroxylation is 2. The zero-order valence-electron chi connectivity index (χ0n) is 16.1. The van der Waals surface area contributed by atoms with Crippen molar-refractivity contribution in [2.45, 2.75) is 74.7 Å². The van der Waals surface area contributed by atoms with Crippen LogP contribution in [-0.2, 0) is 5.41 Å². The summed E-state index contributed by atoms with van der Waals surface area (Å²) >= 11 is 0. The van der Waals surface area contributed by atoms with Gasteiger partial charge in [-0.2, -0.15) is 0 Å². The Morgan fingerprint density at radius 3 is 1.64 bits per heavy atom. The summed E-state index contributed by atoms with van der Waals surface area (Å²) in [7, 11) is 0. The summed E-state index contributed by atoms with van der Waals surface area (Å²) in [4.78, 5) is 4.41. The molecule has 1 aromatic rings. The maximum Gasteiger partial charge on any atom is 0.104 e. The van der Waals surface area contributed by atoms with Crippen molar-refractivity contribution in [3.05, 3.63) is 34.3 Å². The predicted octanol–water partition coefficient (Wildman–Crippen LogP) is 6.02. The summed E-state index contributed by atoms with van der Waals surface area (Å²) < 4.78 is 5.32. The van der Waals surface area contributed by atoms with Gasteiger partial charge >= 0.3 is 0 Å². The molecule has 0 fully saturated rings. The van der Waals surface area contributed by atoms with Crippen molar-refractivity contribution < 1.29 is 4.42 Å². The lowest BCUT2D eigenvalue weighted by molar-refractivity contribution is 0.506. The van der Waals surface area contributed by atoms with E-state index in [-0.39, 0.29) is 10.8 Å². The molecule has 0 radical (unpaired) electrons. The second-order valence-electron chi connectivity index (χ2n) is 8.41. The molecule has 124 valence electrons. The molecule has 0 atom stereocenters. The van der Waals surface area contributed by atoms with Crippen molar-refractivity contribution in [3.63, 3.8) is 0 Å². The van der Waals surface area contributed by atoms with E-state index in [0.717, 1.165) is 12.3 Å². The van der Waals surface area contributed by atoms with Crippen molar-refractivity contribution in [1.29, 1.82) is 0 Å². The number of rotatable bonds is 0. The van der Waals surface area contributed by atoms with E-state index >= 15 is 0 Å². The Hall–Kier alpha value is -1.31. The van der Waals surface area contributed by atoms with E-state index in [4.69, 9.17) is 4.42 Å². The molecule has 0 bridgehead atoms. The van der Waals surface area contributed by atoms with E-state index in [9.17, 15) is 0 Å². The molecule has 2 nitrogen and oxygen atoms in total. The number of allylic oxidation sites excluding steroid dienone is 1. The van der Waals surface area contributed by atoms with E-state index in [1.165, 1.54) is 28.0 Å². The largest absolute Gasteiger partial charge is 0.469 e. The van der Waals surface area contributed by atoms with Gasteiger partial charge < -0.3 is 4.42 Å². The lowest BCUT2D eigenvalue weighted by atomic mass is 9.82. The molecule has 0 saturated carbocycles. The minimum absolute atomic E-state index is 0.209. The molecule has 0 N–H and O–H groups in total. The van der Waals surface area contributed by atoms with Gasteiger partial charge in [-0.25, -0.2) is 0 Å². The second kappa shape index (κ2) is 6.44. The Morgan fingerprint density at radius 2 is 1.45 bits per heavy atom. The van der Waals surface area contributed by atoms with Crippen LogP contribution in [0.3, 0.4) is 0 Å².